The van der Waals surface area contributed by atoms with E-state index < -0.39 is 0 Å². The third-order valence-corrected chi connectivity index (χ3v) is 6.13. The highest BCUT2D eigenvalue weighted by Gasteiger charge is 2.35. The van der Waals surface area contributed by atoms with Crippen LogP contribution >= 0.6 is 0 Å². The standard InChI is InChI=1S/C24H27N3O/c1-28-21-7-5-18(6-8-21)19-13-20(16-25-15-19)23-17-27(24-14-22(23)24)12-11-26-9-3-2-4-10-26/h5-8,13-16H,2-4,9-12,17H2,1H3. The fourth-order valence-corrected chi connectivity index (χ4v) is 4.40. The van der Waals surface area contributed by atoms with Crippen LogP contribution in [0.1, 0.15) is 24.8 Å². The van der Waals surface area contributed by atoms with Crippen molar-refractivity contribution in [3.63, 3.8) is 0 Å². The normalized spacial score (nSPS) is 18.9. The van der Waals surface area contributed by atoms with Crippen LogP contribution in [-0.2, 0) is 0 Å². The van der Waals surface area contributed by atoms with Crippen LogP contribution in [0, 0.1) is 0 Å². The highest BCUT2D eigenvalue weighted by molar-refractivity contribution is 5.87. The summed E-state index contributed by atoms with van der Waals surface area (Å²) in [7, 11) is 1.70. The van der Waals surface area contributed by atoms with Crippen LogP contribution < -0.4 is 4.74 Å². The molecule has 0 amide bonds. The van der Waals surface area contributed by atoms with Gasteiger partial charge in [0.15, 0.2) is 0 Å². The number of allylic oxidation sites excluding steroid dienone is 2. The topological polar surface area (TPSA) is 28.6 Å². The molecule has 0 spiro atoms. The van der Waals surface area contributed by atoms with Crippen molar-refractivity contribution in [2.45, 2.75) is 19.3 Å². The third kappa shape index (κ3) is 3.45. The summed E-state index contributed by atoms with van der Waals surface area (Å²) < 4.78 is 5.27. The van der Waals surface area contributed by atoms with Gasteiger partial charge in [-0.2, -0.15) is 0 Å². The second-order valence-corrected chi connectivity index (χ2v) is 7.94. The predicted octanol–water partition coefficient (Wildman–Crippen LogP) is 4.21. The van der Waals surface area contributed by atoms with E-state index in [0.717, 1.165) is 24.4 Å². The average molecular weight is 374 g/mol. The number of aromatic nitrogens is 1. The van der Waals surface area contributed by atoms with Gasteiger partial charge < -0.3 is 14.5 Å². The van der Waals surface area contributed by atoms with Gasteiger partial charge in [0.2, 0.25) is 0 Å². The number of likely N-dealkylation sites (tertiary alicyclic amines) is 1. The van der Waals surface area contributed by atoms with Gasteiger partial charge in [0.05, 0.1) is 7.11 Å². The van der Waals surface area contributed by atoms with E-state index in [9.17, 15) is 0 Å². The van der Waals surface area contributed by atoms with Gasteiger partial charge in [0, 0.05) is 48.9 Å². The smallest absolute Gasteiger partial charge is 0.118 e. The molecule has 0 unspecified atom stereocenters. The fourth-order valence-electron chi connectivity index (χ4n) is 4.40. The quantitative estimate of drug-likeness (QED) is 0.758. The van der Waals surface area contributed by atoms with Gasteiger partial charge in [-0.05, 0) is 66.9 Å². The molecular formula is C24H27N3O. The summed E-state index contributed by atoms with van der Waals surface area (Å²) in [6.45, 7) is 5.87. The zero-order chi connectivity index (χ0) is 18.9. The summed E-state index contributed by atoms with van der Waals surface area (Å²) in [6.07, 6.45) is 10.4. The first-order valence-corrected chi connectivity index (χ1v) is 10.3. The van der Waals surface area contributed by atoms with Crippen molar-refractivity contribution in [2.75, 3.05) is 39.8 Å². The van der Waals surface area contributed by atoms with Gasteiger partial charge in [-0.1, -0.05) is 18.6 Å². The Kier molecular flexibility index (Phi) is 4.65. The van der Waals surface area contributed by atoms with E-state index in [1.54, 1.807) is 7.11 Å². The predicted molar refractivity (Wildman–Crippen MR) is 113 cm³/mol. The van der Waals surface area contributed by atoms with Gasteiger partial charge in [0.25, 0.3) is 0 Å². The van der Waals surface area contributed by atoms with Gasteiger partial charge in [-0.15, -0.1) is 0 Å². The summed E-state index contributed by atoms with van der Waals surface area (Å²) in [4.78, 5) is 9.69. The number of ether oxygens (including phenoxy) is 1. The molecule has 0 saturated carbocycles. The lowest BCUT2D eigenvalue weighted by atomic mass is 10.0. The molecule has 0 atom stereocenters. The molecule has 4 heteroatoms. The maximum Gasteiger partial charge on any atom is 0.118 e. The van der Waals surface area contributed by atoms with Crippen molar-refractivity contribution >= 4 is 5.57 Å². The molecule has 1 fully saturated rings. The summed E-state index contributed by atoms with van der Waals surface area (Å²) in [6, 6.07) is 10.5. The van der Waals surface area contributed by atoms with Crippen molar-refractivity contribution in [3.8, 4) is 16.9 Å². The zero-order valence-corrected chi connectivity index (χ0v) is 16.5. The van der Waals surface area contributed by atoms with Gasteiger partial charge in [0.1, 0.15) is 5.75 Å². The number of fused-ring (bicyclic) bond motifs is 1. The molecule has 0 N–H and O–H groups in total. The number of nitrogens with zero attached hydrogens (tertiary/aromatic N) is 3. The highest BCUT2D eigenvalue weighted by Crippen LogP contribution is 2.45. The van der Waals surface area contributed by atoms with E-state index in [1.807, 2.05) is 24.5 Å². The minimum atomic E-state index is 0.879. The molecule has 1 aromatic heterocycles. The van der Waals surface area contributed by atoms with E-state index in [2.05, 4.69) is 39.1 Å². The van der Waals surface area contributed by atoms with Crippen LogP contribution in [0.25, 0.3) is 16.7 Å². The van der Waals surface area contributed by atoms with E-state index in [0.29, 0.717) is 0 Å². The second kappa shape index (κ2) is 7.44. The fraction of sp³-hybridized carbons (Fsp3) is 0.375. The molecule has 1 aromatic carbocycles. The molecule has 0 radical (unpaired) electrons. The number of benzene rings is 1. The minimum absolute atomic E-state index is 0.879. The second-order valence-electron chi connectivity index (χ2n) is 7.94. The van der Waals surface area contributed by atoms with Crippen LogP contribution in [0.15, 0.2) is 60.1 Å². The summed E-state index contributed by atoms with van der Waals surface area (Å²) in [5.74, 6) is 0.879. The maximum atomic E-state index is 5.27. The van der Waals surface area contributed by atoms with Crippen molar-refractivity contribution in [1.82, 2.24) is 14.8 Å². The maximum absolute atomic E-state index is 5.27. The third-order valence-electron chi connectivity index (χ3n) is 6.13. The van der Waals surface area contributed by atoms with E-state index >= 15 is 0 Å². The number of methoxy groups -OCH3 is 1. The van der Waals surface area contributed by atoms with Crippen molar-refractivity contribution in [3.05, 3.63) is 65.6 Å². The average Bonchev–Trinajstić information content (AvgIpc) is 3.48. The molecule has 5 rings (SSSR count). The number of hydrogen-bond donors (Lipinski definition) is 0. The first kappa shape index (κ1) is 17.5. The Morgan fingerprint density at radius 1 is 0.929 bits per heavy atom. The SMILES string of the molecule is COc1ccc(-c2cncc(C3=C4C=C4N(CCN4CCCCC4)C3)c2)cc1. The van der Waals surface area contributed by atoms with Crippen molar-refractivity contribution in [1.29, 1.82) is 0 Å². The number of piperidine rings is 1. The van der Waals surface area contributed by atoms with Crippen molar-refractivity contribution in [2.24, 2.45) is 0 Å². The molecule has 1 saturated heterocycles. The lowest BCUT2D eigenvalue weighted by Gasteiger charge is -2.29. The first-order valence-electron chi connectivity index (χ1n) is 10.3. The first-order chi connectivity index (χ1) is 13.8. The summed E-state index contributed by atoms with van der Waals surface area (Å²) in [5.41, 5.74) is 7.88. The molecule has 3 aliphatic rings. The Balaban J connectivity index is 1.27. The number of pyridine rings is 1. The van der Waals surface area contributed by atoms with E-state index in [1.165, 1.54) is 66.9 Å². The molecule has 1 aliphatic carbocycles. The molecule has 0 bridgehead atoms. The van der Waals surface area contributed by atoms with E-state index in [-0.39, 0.29) is 0 Å². The zero-order valence-electron chi connectivity index (χ0n) is 16.5. The lowest BCUT2D eigenvalue weighted by Crippen LogP contribution is -2.36. The molecule has 4 nitrogen and oxygen atoms in total. The molecule has 2 aromatic rings. The van der Waals surface area contributed by atoms with Crippen LogP contribution in [0.2, 0.25) is 0 Å². The Morgan fingerprint density at radius 3 is 2.50 bits per heavy atom. The van der Waals surface area contributed by atoms with Crippen LogP contribution in [0.5, 0.6) is 5.75 Å². The molecule has 144 valence electrons. The summed E-state index contributed by atoms with van der Waals surface area (Å²) >= 11 is 0. The monoisotopic (exact) mass is 373 g/mol. The molecular weight excluding hydrogens is 346 g/mol. The van der Waals surface area contributed by atoms with Gasteiger partial charge in [-0.25, -0.2) is 0 Å². The lowest BCUT2D eigenvalue weighted by molar-refractivity contribution is 0.208. The molecule has 28 heavy (non-hydrogen) atoms. The van der Waals surface area contributed by atoms with Crippen LogP contribution in [0.4, 0.5) is 0 Å². The number of hydrogen-bond acceptors (Lipinski definition) is 4. The molecule has 2 aliphatic heterocycles. The Morgan fingerprint density at radius 2 is 1.71 bits per heavy atom. The Hall–Kier alpha value is -2.59. The van der Waals surface area contributed by atoms with Gasteiger partial charge >= 0.3 is 0 Å². The van der Waals surface area contributed by atoms with Gasteiger partial charge in [-0.3, -0.25) is 4.98 Å². The highest BCUT2D eigenvalue weighted by atomic mass is 16.5. The van der Waals surface area contributed by atoms with Crippen LogP contribution in [0.3, 0.4) is 0 Å². The summed E-state index contributed by atoms with van der Waals surface area (Å²) in [5, 5.41) is 0. The molecule has 3 heterocycles. The largest absolute Gasteiger partial charge is 0.497 e. The minimum Gasteiger partial charge on any atom is -0.497 e. The Bertz CT molecular complexity index is 923. The van der Waals surface area contributed by atoms with E-state index in [4.69, 9.17) is 4.74 Å². The van der Waals surface area contributed by atoms with Crippen LogP contribution in [-0.4, -0.2) is 54.6 Å². The Labute approximate surface area is 167 Å². The van der Waals surface area contributed by atoms with Crippen molar-refractivity contribution < 1.29 is 4.74 Å². The number of rotatable bonds is 6.